The molecule has 1 rings (SSSR count). The van der Waals surface area contributed by atoms with E-state index in [0.29, 0.717) is 12.8 Å². The Balaban J connectivity index is 2.41. The second-order valence-electron chi connectivity index (χ2n) is 4.46. The van der Waals surface area contributed by atoms with Crippen molar-refractivity contribution >= 4 is 11.9 Å². The molecule has 0 aromatic heterocycles. The molecule has 1 aliphatic carbocycles. The molecule has 0 amide bonds. The van der Waals surface area contributed by atoms with Gasteiger partial charge in [0.15, 0.2) is 5.72 Å². The van der Waals surface area contributed by atoms with Crippen molar-refractivity contribution in [2.45, 2.75) is 44.9 Å². The van der Waals surface area contributed by atoms with Crippen LogP contribution in [0.4, 0.5) is 0 Å². The molecule has 1 saturated carbocycles. The smallest absolute Gasteiger partial charge is 0.419 e. The minimum atomic E-state index is -1.01. The molecule has 0 saturated heterocycles. The summed E-state index contributed by atoms with van der Waals surface area (Å²) in [6, 6.07) is 0. The van der Waals surface area contributed by atoms with Crippen LogP contribution >= 0.6 is 0 Å². The van der Waals surface area contributed by atoms with Crippen molar-refractivity contribution in [1.29, 1.82) is 0 Å². The van der Waals surface area contributed by atoms with Gasteiger partial charge in [-0.1, -0.05) is 0 Å². The van der Waals surface area contributed by atoms with Gasteiger partial charge in [0.2, 0.25) is 0 Å². The van der Waals surface area contributed by atoms with E-state index >= 15 is 0 Å². The zero-order chi connectivity index (χ0) is 11.0. The van der Waals surface area contributed by atoms with Gasteiger partial charge in [0, 0.05) is 12.8 Å². The second-order valence-corrected chi connectivity index (χ2v) is 4.46. The summed E-state index contributed by atoms with van der Waals surface area (Å²) in [5, 5.41) is 0. The summed E-state index contributed by atoms with van der Waals surface area (Å²) < 4.78 is 9.52. The van der Waals surface area contributed by atoms with Crippen LogP contribution in [-0.2, 0) is 19.1 Å². The van der Waals surface area contributed by atoms with Crippen molar-refractivity contribution in [2.24, 2.45) is 5.73 Å². The lowest BCUT2D eigenvalue weighted by Gasteiger charge is -2.19. The largest absolute Gasteiger partial charge is 0.452 e. The highest BCUT2D eigenvalue weighted by atomic mass is 16.6. The number of carbonyl (C=O) groups excluding carboxylic acids is 2. The highest BCUT2D eigenvalue weighted by molar-refractivity contribution is 6.29. The summed E-state index contributed by atoms with van der Waals surface area (Å²) in [6.07, 6.45) is 1.20. The van der Waals surface area contributed by atoms with Crippen molar-refractivity contribution in [3.8, 4) is 0 Å². The molecular formula is C9H15NO4. The van der Waals surface area contributed by atoms with E-state index in [1.54, 1.807) is 20.8 Å². The molecule has 2 N–H and O–H groups in total. The normalized spacial score (nSPS) is 18.6. The third-order valence-electron chi connectivity index (χ3n) is 1.60. The summed E-state index contributed by atoms with van der Waals surface area (Å²) >= 11 is 0. The number of nitrogens with two attached hydrogens (primary N) is 1. The van der Waals surface area contributed by atoms with Gasteiger partial charge < -0.3 is 9.47 Å². The lowest BCUT2D eigenvalue weighted by Crippen LogP contribution is -2.36. The van der Waals surface area contributed by atoms with Crippen molar-refractivity contribution in [2.75, 3.05) is 0 Å². The Labute approximate surface area is 82.5 Å². The van der Waals surface area contributed by atoms with Crippen LogP contribution in [0.1, 0.15) is 33.6 Å². The van der Waals surface area contributed by atoms with E-state index in [1.165, 1.54) is 0 Å². The maximum absolute atomic E-state index is 11.1. The zero-order valence-corrected chi connectivity index (χ0v) is 8.62. The second kappa shape index (κ2) is 3.24. The molecule has 0 radical (unpaired) electrons. The van der Waals surface area contributed by atoms with Gasteiger partial charge in [-0.05, 0) is 20.8 Å². The van der Waals surface area contributed by atoms with Crippen molar-refractivity contribution in [3.63, 3.8) is 0 Å². The molecule has 5 nitrogen and oxygen atoms in total. The van der Waals surface area contributed by atoms with Crippen LogP contribution in [0.2, 0.25) is 0 Å². The van der Waals surface area contributed by atoms with E-state index < -0.39 is 23.3 Å². The highest BCUT2D eigenvalue weighted by Crippen LogP contribution is 2.33. The van der Waals surface area contributed by atoms with Crippen molar-refractivity contribution in [1.82, 2.24) is 0 Å². The zero-order valence-electron chi connectivity index (χ0n) is 8.62. The van der Waals surface area contributed by atoms with Crippen molar-refractivity contribution in [3.05, 3.63) is 0 Å². The van der Waals surface area contributed by atoms with E-state index in [9.17, 15) is 9.59 Å². The molecule has 0 aromatic carbocycles. The number of esters is 2. The van der Waals surface area contributed by atoms with Gasteiger partial charge >= 0.3 is 11.9 Å². The standard InChI is InChI=1S/C9H15NO4/c1-8(2,3)13-6(11)7(12)14-9(10)4-5-9/h4-5,10H2,1-3H3. The number of hydrogen-bond acceptors (Lipinski definition) is 5. The fraction of sp³-hybridized carbons (Fsp3) is 0.778. The van der Waals surface area contributed by atoms with Crippen LogP contribution in [0.15, 0.2) is 0 Å². The van der Waals surface area contributed by atoms with Gasteiger partial charge in [-0.15, -0.1) is 0 Å². The molecule has 14 heavy (non-hydrogen) atoms. The van der Waals surface area contributed by atoms with Crippen LogP contribution in [0.5, 0.6) is 0 Å². The maximum atomic E-state index is 11.1. The predicted octanol–water partition coefficient (Wildman–Crippen LogP) is 0.320. The van der Waals surface area contributed by atoms with E-state index in [1.807, 2.05) is 0 Å². The first-order valence-electron chi connectivity index (χ1n) is 4.47. The Kier molecular flexibility index (Phi) is 2.54. The van der Waals surface area contributed by atoms with Gasteiger partial charge in [0.25, 0.3) is 0 Å². The molecule has 0 bridgehead atoms. The average Bonchev–Trinajstić information content (AvgIpc) is 2.63. The molecule has 0 unspecified atom stereocenters. The minimum absolute atomic E-state index is 0.599. The first kappa shape index (κ1) is 11.0. The van der Waals surface area contributed by atoms with Gasteiger partial charge in [-0.3, -0.25) is 5.73 Å². The number of hydrogen-bond donors (Lipinski definition) is 1. The van der Waals surface area contributed by atoms with E-state index in [4.69, 9.17) is 15.2 Å². The van der Waals surface area contributed by atoms with Crippen LogP contribution < -0.4 is 5.73 Å². The summed E-state index contributed by atoms with van der Waals surface area (Å²) in [5.41, 5.74) is 3.88. The van der Waals surface area contributed by atoms with Crippen LogP contribution in [-0.4, -0.2) is 23.3 Å². The van der Waals surface area contributed by atoms with Gasteiger partial charge in [-0.25, -0.2) is 9.59 Å². The summed E-state index contributed by atoms with van der Waals surface area (Å²) in [7, 11) is 0. The molecule has 0 aromatic rings. The van der Waals surface area contributed by atoms with Gasteiger partial charge in [-0.2, -0.15) is 0 Å². The number of carbonyl (C=O) groups is 2. The lowest BCUT2D eigenvalue weighted by molar-refractivity contribution is -0.178. The lowest BCUT2D eigenvalue weighted by atomic mass is 10.2. The molecule has 0 heterocycles. The molecule has 1 aliphatic rings. The fourth-order valence-electron chi connectivity index (χ4n) is 0.771. The molecule has 80 valence electrons. The Morgan fingerprint density at radius 1 is 1.21 bits per heavy atom. The third kappa shape index (κ3) is 3.33. The maximum Gasteiger partial charge on any atom is 0.419 e. The third-order valence-corrected chi connectivity index (χ3v) is 1.60. The first-order valence-corrected chi connectivity index (χ1v) is 4.47. The van der Waals surface area contributed by atoms with Gasteiger partial charge in [0.1, 0.15) is 5.60 Å². The molecular weight excluding hydrogens is 186 g/mol. The molecule has 0 aliphatic heterocycles. The summed E-state index contributed by atoms with van der Waals surface area (Å²) in [6.45, 7) is 5.02. The summed E-state index contributed by atoms with van der Waals surface area (Å²) in [5.74, 6) is -2.01. The Hall–Kier alpha value is -1.10. The van der Waals surface area contributed by atoms with Crippen LogP contribution in [0, 0.1) is 0 Å². The molecule has 0 spiro atoms. The quantitative estimate of drug-likeness (QED) is 0.375. The molecule has 5 heteroatoms. The summed E-state index contributed by atoms with van der Waals surface area (Å²) in [4.78, 5) is 22.2. The van der Waals surface area contributed by atoms with E-state index in [0.717, 1.165) is 0 Å². The molecule has 1 fully saturated rings. The Morgan fingerprint density at radius 2 is 1.71 bits per heavy atom. The highest BCUT2D eigenvalue weighted by Gasteiger charge is 2.44. The van der Waals surface area contributed by atoms with Crippen LogP contribution in [0.3, 0.4) is 0 Å². The average molecular weight is 201 g/mol. The van der Waals surface area contributed by atoms with Gasteiger partial charge in [0.05, 0.1) is 0 Å². The SMILES string of the molecule is CC(C)(C)OC(=O)C(=O)OC1(N)CC1. The van der Waals surface area contributed by atoms with E-state index in [2.05, 4.69) is 0 Å². The fourth-order valence-corrected chi connectivity index (χ4v) is 0.771. The topological polar surface area (TPSA) is 78.6 Å². The monoisotopic (exact) mass is 201 g/mol. The minimum Gasteiger partial charge on any atom is -0.452 e. The first-order chi connectivity index (χ1) is 6.22. The van der Waals surface area contributed by atoms with Crippen molar-refractivity contribution < 1.29 is 19.1 Å². The number of ether oxygens (including phenoxy) is 2. The Morgan fingerprint density at radius 3 is 2.07 bits per heavy atom. The molecule has 0 atom stereocenters. The number of rotatable bonds is 1. The Bertz CT molecular complexity index is 245. The van der Waals surface area contributed by atoms with E-state index in [-0.39, 0.29) is 0 Å². The van der Waals surface area contributed by atoms with Crippen LogP contribution in [0.25, 0.3) is 0 Å². The predicted molar refractivity (Wildman–Crippen MR) is 48.1 cm³/mol.